The lowest BCUT2D eigenvalue weighted by Gasteiger charge is -2.10. The van der Waals surface area contributed by atoms with Crippen LogP contribution >= 0.6 is 11.6 Å². The quantitative estimate of drug-likeness (QED) is 0.760. The summed E-state index contributed by atoms with van der Waals surface area (Å²) in [6.45, 7) is 5.46. The Morgan fingerprint density at radius 2 is 2.05 bits per heavy atom. The summed E-state index contributed by atoms with van der Waals surface area (Å²) >= 11 is 5.80. The molecule has 1 aromatic carbocycles. The molecule has 0 saturated heterocycles. The number of benzene rings is 1. The van der Waals surface area contributed by atoms with Gasteiger partial charge in [0.1, 0.15) is 18.2 Å². The Labute approximate surface area is 123 Å². The highest BCUT2D eigenvalue weighted by Gasteiger charge is 2.04. The Morgan fingerprint density at radius 1 is 1.35 bits per heavy atom. The van der Waals surface area contributed by atoms with Crippen LogP contribution in [0.5, 0.6) is 5.75 Å². The van der Waals surface area contributed by atoms with E-state index in [0.717, 1.165) is 6.42 Å². The van der Waals surface area contributed by atoms with Crippen molar-refractivity contribution in [3.05, 3.63) is 29.0 Å². The van der Waals surface area contributed by atoms with E-state index in [-0.39, 0.29) is 17.7 Å². The van der Waals surface area contributed by atoms with Crippen LogP contribution in [-0.2, 0) is 0 Å². The smallest absolute Gasteiger partial charge is 0.314 e. The molecule has 2 amide bonds. The summed E-state index contributed by atoms with van der Waals surface area (Å²) in [7, 11) is 0. The molecule has 20 heavy (non-hydrogen) atoms. The predicted molar refractivity (Wildman–Crippen MR) is 77.8 cm³/mol. The third-order valence-corrected chi connectivity index (χ3v) is 2.84. The van der Waals surface area contributed by atoms with Crippen molar-refractivity contribution in [2.24, 2.45) is 5.92 Å². The number of ether oxygens (including phenoxy) is 1. The van der Waals surface area contributed by atoms with Gasteiger partial charge < -0.3 is 15.4 Å². The molecule has 2 N–H and O–H groups in total. The van der Waals surface area contributed by atoms with E-state index in [1.54, 1.807) is 0 Å². The van der Waals surface area contributed by atoms with Crippen LogP contribution in [0, 0.1) is 11.7 Å². The van der Waals surface area contributed by atoms with Crippen molar-refractivity contribution in [1.82, 2.24) is 10.6 Å². The number of halogens is 2. The molecule has 0 aliphatic rings. The van der Waals surface area contributed by atoms with E-state index >= 15 is 0 Å². The van der Waals surface area contributed by atoms with Gasteiger partial charge in [-0.2, -0.15) is 0 Å². The van der Waals surface area contributed by atoms with Gasteiger partial charge in [0.2, 0.25) is 0 Å². The van der Waals surface area contributed by atoms with Gasteiger partial charge in [0.15, 0.2) is 0 Å². The van der Waals surface area contributed by atoms with E-state index in [1.807, 2.05) is 0 Å². The normalized spacial score (nSPS) is 10.4. The molecule has 0 atom stereocenters. The second-order valence-corrected chi connectivity index (χ2v) is 5.20. The van der Waals surface area contributed by atoms with Crippen LogP contribution in [0.4, 0.5) is 9.18 Å². The molecule has 1 aromatic rings. The summed E-state index contributed by atoms with van der Waals surface area (Å²) in [5, 5.41) is 5.63. The number of urea groups is 1. The molecule has 0 spiro atoms. The van der Waals surface area contributed by atoms with Crippen LogP contribution in [0.25, 0.3) is 0 Å². The molecular formula is C14H20ClFN2O2. The van der Waals surface area contributed by atoms with Crippen molar-refractivity contribution in [1.29, 1.82) is 0 Å². The lowest BCUT2D eigenvalue weighted by Crippen LogP contribution is -2.38. The molecular weight excluding hydrogens is 283 g/mol. The summed E-state index contributed by atoms with van der Waals surface area (Å²) in [5.41, 5.74) is 0. The van der Waals surface area contributed by atoms with Crippen molar-refractivity contribution in [3.8, 4) is 5.75 Å². The SMILES string of the molecule is CC(C)CCNC(=O)NCCOc1ccc(F)cc1Cl. The van der Waals surface area contributed by atoms with Gasteiger partial charge in [-0.3, -0.25) is 0 Å². The zero-order valence-electron chi connectivity index (χ0n) is 11.7. The average molecular weight is 303 g/mol. The monoisotopic (exact) mass is 302 g/mol. The molecule has 1 rings (SSSR count). The van der Waals surface area contributed by atoms with Crippen LogP contribution in [0.2, 0.25) is 5.02 Å². The zero-order valence-corrected chi connectivity index (χ0v) is 12.5. The molecule has 0 radical (unpaired) electrons. The molecule has 0 fully saturated rings. The molecule has 0 unspecified atom stereocenters. The van der Waals surface area contributed by atoms with Gasteiger partial charge in [0.25, 0.3) is 0 Å². The lowest BCUT2D eigenvalue weighted by molar-refractivity contribution is 0.236. The van der Waals surface area contributed by atoms with Crippen molar-refractivity contribution in [3.63, 3.8) is 0 Å². The fourth-order valence-electron chi connectivity index (χ4n) is 1.45. The molecule has 0 aromatic heterocycles. The maximum Gasteiger partial charge on any atom is 0.314 e. The van der Waals surface area contributed by atoms with Crippen LogP contribution in [0.1, 0.15) is 20.3 Å². The van der Waals surface area contributed by atoms with Crippen molar-refractivity contribution in [2.45, 2.75) is 20.3 Å². The average Bonchev–Trinajstić information content (AvgIpc) is 2.36. The first-order valence-electron chi connectivity index (χ1n) is 6.58. The fourth-order valence-corrected chi connectivity index (χ4v) is 1.68. The third-order valence-electron chi connectivity index (χ3n) is 2.55. The predicted octanol–water partition coefficient (Wildman–Crippen LogP) is 3.20. The largest absolute Gasteiger partial charge is 0.490 e. The molecule has 0 heterocycles. The van der Waals surface area contributed by atoms with Crippen molar-refractivity contribution >= 4 is 17.6 Å². The van der Waals surface area contributed by atoms with Crippen molar-refractivity contribution in [2.75, 3.05) is 19.7 Å². The standard InChI is InChI=1S/C14H20ClFN2O2/c1-10(2)5-6-17-14(19)18-7-8-20-13-4-3-11(16)9-12(13)15/h3-4,9-10H,5-8H2,1-2H3,(H2,17,18,19). The number of hydrogen-bond donors (Lipinski definition) is 2. The minimum absolute atomic E-state index is 0.214. The number of hydrogen-bond acceptors (Lipinski definition) is 2. The van der Waals surface area contributed by atoms with Gasteiger partial charge in [0, 0.05) is 6.54 Å². The third kappa shape index (κ3) is 6.61. The first-order valence-corrected chi connectivity index (χ1v) is 6.96. The topological polar surface area (TPSA) is 50.4 Å². The number of carbonyl (C=O) groups excluding carboxylic acids is 1. The summed E-state index contributed by atoms with van der Waals surface area (Å²) in [4.78, 5) is 11.4. The highest BCUT2D eigenvalue weighted by molar-refractivity contribution is 6.32. The lowest BCUT2D eigenvalue weighted by atomic mass is 10.1. The Morgan fingerprint density at radius 3 is 2.70 bits per heavy atom. The van der Waals surface area contributed by atoms with Crippen molar-refractivity contribution < 1.29 is 13.9 Å². The second kappa shape index (κ2) is 8.64. The van der Waals surface area contributed by atoms with Gasteiger partial charge in [-0.05, 0) is 30.5 Å². The van der Waals surface area contributed by atoms with E-state index < -0.39 is 5.82 Å². The van der Waals surface area contributed by atoms with E-state index in [1.165, 1.54) is 18.2 Å². The Kier molecular flexibility index (Phi) is 7.15. The minimum Gasteiger partial charge on any atom is -0.490 e. The van der Waals surface area contributed by atoms with Gasteiger partial charge in [-0.1, -0.05) is 25.4 Å². The molecule has 6 heteroatoms. The molecule has 0 aliphatic carbocycles. The maximum absolute atomic E-state index is 12.8. The molecule has 0 saturated carbocycles. The maximum atomic E-state index is 12.8. The molecule has 0 bridgehead atoms. The van der Waals surface area contributed by atoms with Crippen LogP contribution in [0.15, 0.2) is 18.2 Å². The summed E-state index contributed by atoms with van der Waals surface area (Å²) < 4.78 is 18.2. The number of carbonyl (C=O) groups is 1. The van der Waals surface area contributed by atoms with E-state index in [0.29, 0.717) is 24.8 Å². The fraction of sp³-hybridized carbons (Fsp3) is 0.500. The van der Waals surface area contributed by atoms with Gasteiger partial charge >= 0.3 is 6.03 Å². The van der Waals surface area contributed by atoms with E-state index in [4.69, 9.17) is 16.3 Å². The Bertz CT molecular complexity index is 441. The number of nitrogens with one attached hydrogen (secondary N) is 2. The van der Waals surface area contributed by atoms with Crippen LogP contribution in [0.3, 0.4) is 0 Å². The molecule has 112 valence electrons. The summed E-state index contributed by atoms with van der Waals surface area (Å²) in [6.07, 6.45) is 0.940. The first kappa shape index (κ1) is 16.6. The second-order valence-electron chi connectivity index (χ2n) is 4.79. The van der Waals surface area contributed by atoms with Gasteiger partial charge in [0.05, 0.1) is 11.6 Å². The molecule has 0 aliphatic heterocycles. The van der Waals surface area contributed by atoms with E-state index in [2.05, 4.69) is 24.5 Å². The summed E-state index contributed by atoms with van der Waals surface area (Å²) in [6, 6.07) is 3.69. The van der Waals surface area contributed by atoms with Gasteiger partial charge in [-0.25, -0.2) is 9.18 Å². The van der Waals surface area contributed by atoms with Crippen LogP contribution < -0.4 is 15.4 Å². The highest BCUT2D eigenvalue weighted by Crippen LogP contribution is 2.24. The number of amides is 2. The zero-order chi connectivity index (χ0) is 15.0. The highest BCUT2D eigenvalue weighted by atomic mass is 35.5. The number of rotatable bonds is 7. The Hall–Kier alpha value is -1.49. The first-order chi connectivity index (χ1) is 9.49. The molecule has 4 nitrogen and oxygen atoms in total. The summed E-state index contributed by atoms with van der Waals surface area (Å²) in [5.74, 6) is 0.541. The minimum atomic E-state index is -0.412. The van der Waals surface area contributed by atoms with Crippen LogP contribution in [-0.4, -0.2) is 25.7 Å². The van der Waals surface area contributed by atoms with E-state index in [9.17, 15) is 9.18 Å². The van der Waals surface area contributed by atoms with Gasteiger partial charge in [-0.15, -0.1) is 0 Å². The Balaban J connectivity index is 2.16.